The van der Waals surface area contributed by atoms with Gasteiger partial charge in [-0.3, -0.25) is 4.79 Å². The van der Waals surface area contributed by atoms with Crippen molar-refractivity contribution in [2.45, 2.75) is 65.8 Å². The molecule has 4 nitrogen and oxygen atoms in total. The van der Waals surface area contributed by atoms with Gasteiger partial charge in [0, 0.05) is 5.92 Å². The monoisotopic (exact) mass is 269 g/mol. The lowest BCUT2D eigenvalue weighted by atomic mass is 9.67. The molecule has 0 aromatic heterocycles. The van der Waals surface area contributed by atoms with Crippen molar-refractivity contribution in [3.05, 3.63) is 0 Å². The average Bonchev–Trinajstić information content (AvgIpc) is 2.25. The zero-order valence-electron chi connectivity index (χ0n) is 12.7. The van der Waals surface area contributed by atoms with Gasteiger partial charge in [-0.05, 0) is 43.9 Å². The summed E-state index contributed by atoms with van der Waals surface area (Å²) < 4.78 is 0. The van der Waals surface area contributed by atoms with E-state index < -0.39 is 11.5 Å². The number of carbonyl (C=O) groups excluding carboxylic acids is 1. The van der Waals surface area contributed by atoms with E-state index in [1.807, 2.05) is 0 Å². The molecule has 0 aromatic rings. The number of carbonyl (C=O) groups is 2. The number of rotatable bonds is 4. The fourth-order valence-corrected chi connectivity index (χ4v) is 3.21. The number of aliphatic carboxylic acids is 1. The van der Waals surface area contributed by atoms with Crippen LogP contribution >= 0.6 is 0 Å². The summed E-state index contributed by atoms with van der Waals surface area (Å²) >= 11 is 0. The molecule has 1 amide bonds. The molecular weight excluding hydrogens is 242 g/mol. The van der Waals surface area contributed by atoms with Gasteiger partial charge in [0.1, 0.15) is 5.54 Å². The Balaban J connectivity index is 2.75. The first-order valence-corrected chi connectivity index (χ1v) is 7.15. The van der Waals surface area contributed by atoms with Gasteiger partial charge < -0.3 is 10.4 Å². The standard InChI is InChI=1S/C15H27NO3/c1-6-15(5,13(18)19)16-12(17)11-7-10(2)8-14(3,4)9-11/h10-11H,6-9H2,1-5H3,(H,16,17)(H,18,19). The highest BCUT2D eigenvalue weighted by Crippen LogP contribution is 2.41. The van der Waals surface area contributed by atoms with Gasteiger partial charge in [0.2, 0.25) is 5.91 Å². The molecule has 0 heterocycles. The lowest BCUT2D eigenvalue weighted by Crippen LogP contribution is -2.54. The first-order valence-electron chi connectivity index (χ1n) is 7.15. The van der Waals surface area contributed by atoms with Crippen LogP contribution in [0.5, 0.6) is 0 Å². The zero-order valence-corrected chi connectivity index (χ0v) is 12.7. The van der Waals surface area contributed by atoms with E-state index in [1.165, 1.54) is 0 Å². The van der Waals surface area contributed by atoms with Gasteiger partial charge in [-0.1, -0.05) is 27.7 Å². The second-order valence-corrected chi connectivity index (χ2v) is 7.09. The Morgan fingerprint density at radius 3 is 2.37 bits per heavy atom. The van der Waals surface area contributed by atoms with E-state index in [-0.39, 0.29) is 17.2 Å². The first-order chi connectivity index (χ1) is 8.59. The molecule has 1 fully saturated rings. The third-order valence-corrected chi connectivity index (χ3v) is 4.34. The van der Waals surface area contributed by atoms with Gasteiger partial charge in [-0.25, -0.2) is 4.79 Å². The van der Waals surface area contributed by atoms with Crippen LogP contribution < -0.4 is 5.32 Å². The molecule has 2 N–H and O–H groups in total. The van der Waals surface area contributed by atoms with Gasteiger partial charge in [-0.2, -0.15) is 0 Å². The van der Waals surface area contributed by atoms with E-state index in [4.69, 9.17) is 0 Å². The molecule has 0 bridgehead atoms. The molecule has 0 saturated heterocycles. The molecule has 0 spiro atoms. The van der Waals surface area contributed by atoms with Crippen LogP contribution in [0.25, 0.3) is 0 Å². The zero-order chi connectivity index (χ0) is 14.8. The Morgan fingerprint density at radius 2 is 1.95 bits per heavy atom. The molecule has 0 radical (unpaired) electrons. The molecule has 1 aliphatic rings. The Hall–Kier alpha value is -1.06. The van der Waals surface area contributed by atoms with Gasteiger partial charge in [0.15, 0.2) is 0 Å². The summed E-state index contributed by atoms with van der Waals surface area (Å²) in [5, 5.41) is 12.0. The van der Waals surface area contributed by atoms with Crippen molar-refractivity contribution in [1.29, 1.82) is 0 Å². The van der Waals surface area contributed by atoms with Crippen LogP contribution in [0.15, 0.2) is 0 Å². The minimum atomic E-state index is -1.15. The Kier molecular flexibility index (Phi) is 4.64. The maximum absolute atomic E-state index is 12.3. The second-order valence-electron chi connectivity index (χ2n) is 7.09. The number of nitrogens with one attached hydrogen (secondary N) is 1. The Morgan fingerprint density at radius 1 is 1.37 bits per heavy atom. The summed E-state index contributed by atoms with van der Waals surface area (Å²) in [6.45, 7) is 9.88. The molecule has 1 aliphatic carbocycles. The van der Waals surface area contributed by atoms with Crippen LogP contribution in [0.2, 0.25) is 0 Å². The third kappa shape index (κ3) is 3.95. The van der Waals surface area contributed by atoms with E-state index >= 15 is 0 Å². The number of hydrogen-bond acceptors (Lipinski definition) is 2. The highest BCUT2D eigenvalue weighted by Gasteiger charge is 2.39. The third-order valence-electron chi connectivity index (χ3n) is 4.34. The minimum Gasteiger partial charge on any atom is -0.480 e. The molecule has 0 aliphatic heterocycles. The molecule has 3 unspecified atom stereocenters. The minimum absolute atomic E-state index is 0.0658. The van der Waals surface area contributed by atoms with Crippen LogP contribution in [-0.2, 0) is 9.59 Å². The summed E-state index contributed by atoms with van der Waals surface area (Å²) in [4.78, 5) is 23.6. The maximum Gasteiger partial charge on any atom is 0.329 e. The van der Waals surface area contributed by atoms with Gasteiger partial charge in [0.05, 0.1) is 0 Å². The highest BCUT2D eigenvalue weighted by molar-refractivity contribution is 5.87. The molecule has 3 atom stereocenters. The van der Waals surface area contributed by atoms with Crippen molar-refractivity contribution < 1.29 is 14.7 Å². The summed E-state index contributed by atoms with van der Waals surface area (Å²) in [6, 6.07) is 0. The fraction of sp³-hybridized carbons (Fsp3) is 0.867. The largest absolute Gasteiger partial charge is 0.480 e. The van der Waals surface area contributed by atoms with Crippen molar-refractivity contribution >= 4 is 11.9 Å². The quantitative estimate of drug-likeness (QED) is 0.824. The fourth-order valence-electron chi connectivity index (χ4n) is 3.21. The van der Waals surface area contributed by atoms with Crippen LogP contribution in [-0.4, -0.2) is 22.5 Å². The second kappa shape index (κ2) is 5.51. The smallest absolute Gasteiger partial charge is 0.329 e. The molecule has 110 valence electrons. The van der Waals surface area contributed by atoms with E-state index in [0.717, 1.165) is 19.3 Å². The number of amides is 1. The van der Waals surface area contributed by atoms with Crippen LogP contribution in [0, 0.1) is 17.3 Å². The van der Waals surface area contributed by atoms with Gasteiger partial charge >= 0.3 is 5.97 Å². The first kappa shape index (κ1) is 16.0. The number of carboxylic acid groups (broad SMARTS) is 1. The summed E-state index contributed by atoms with van der Waals surface area (Å²) in [5.74, 6) is -0.626. The molecular formula is C15H27NO3. The topological polar surface area (TPSA) is 66.4 Å². The van der Waals surface area contributed by atoms with Crippen molar-refractivity contribution in [1.82, 2.24) is 5.32 Å². The lowest BCUT2D eigenvalue weighted by Gasteiger charge is -2.39. The van der Waals surface area contributed by atoms with Crippen molar-refractivity contribution in [3.8, 4) is 0 Å². The van der Waals surface area contributed by atoms with Gasteiger partial charge in [0.25, 0.3) is 0 Å². The molecule has 1 saturated carbocycles. The predicted octanol–water partition coefficient (Wildman–Crippen LogP) is 2.82. The van der Waals surface area contributed by atoms with E-state index in [2.05, 4.69) is 26.1 Å². The van der Waals surface area contributed by atoms with E-state index in [1.54, 1.807) is 13.8 Å². The molecule has 1 rings (SSSR count). The van der Waals surface area contributed by atoms with Crippen molar-refractivity contribution in [3.63, 3.8) is 0 Å². The number of carboxylic acids is 1. The lowest BCUT2D eigenvalue weighted by molar-refractivity contribution is -0.148. The van der Waals surface area contributed by atoms with Crippen molar-refractivity contribution in [2.75, 3.05) is 0 Å². The Bertz CT molecular complexity index is 364. The van der Waals surface area contributed by atoms with Crippen LogP contribution in [0.4, 0.5) is 0 Å². The van der Waals surface area contributed by atoms with Crippen molar-refractivity contribution in [2.24, 2.45) is 17.3 Å². The van der Waals surface area contributed by atoms with E-state index in [0.29, 0.717) is 12.3 Å². The predicted molar refractivity (Wildman–Crippen MR) is 74.8 cm³/mol. The molecule has 19 heavy (non-hydrogen) atoms. The average molecular weight is 269 g/mol. The van der Waals surface area contributed by atoms with E-state index in [9.17, 15) is 14.7 Å². The maximum atomic E-state index is 12.3. The summed E-state index contributed by atoms with van der Waals surface area (Å²) in [6.07, 6.45) is 3.21. The van der Waals surface area contributed by atoms with Crippen LogP contribution in [0.3, 0.4) is 0 Å². The summed E-state index contributed by atoms with van der Waals surface area (Å²) in [7, 11) is 0. The normalized spacial score (nSPS) is 29.3. The van der Waals surface area contributed by atoms with Gasteiger partial charge in [-0.15, -0.1) is 0 Å². The Labute approximate surface area is 116 Å². The molecule has 4 heteroatoms. The SMILES string of the molecule is CCC(C)(NC(=O)C1CC(C)CC(C)(C)C1)C(=O)O. The highest BCUT2D eigenvalue weighted by atomic mass is 16.4. The molecule has 0 aromatic carbocycles. The van der Waals surface area contributed by atoms with Crippen LogP contribution in [0.1, 0.15) is 60.3 Å². The summed E-state index contributed by atoms with van der Waals surface area (Å²) in [5.41, 5.74) is -0.993. The number of hydrogen-bond donors (Lipinski definition) is 2.